The summed E-state index contributed by atoms with van der Waals surface area (Å²) >= 11 is 0. The lowest BCUT2D eigenvalue weighted by molar-refractivity contribution is -0.122. The Morgan fingerprint density at radius 2 is 2.14 bits per heavy atom. The summed E-state index contributed by atoms with van der Waals surface area (Å²) in [4.78, 5) is 14.7. The largest absolute Gasteiger partial charge is 0.328 e. The van der Waals surface area contributed by atoms with E-state index in [-0.39, 0.29) is 22.8 Å². The van der Waals surface area contributed by atoms with Crippen LogP contribution < -0.4 is 15.4 Å². The molecule has 1 fully saturated rings. The van der Waals surface area contributed by atoms with Crippen LogP contribution in [0.3, 0.4) is 0 Å². The van der Waals surface area contributed by atoms with Gasteiger partial charge in [0.1, 0.15) is 0 Å². The Bertz CT molecular complexity index is 702. The van der Waals surface area contributed by atoms with E-state index in [1.54, 1.807) is 23.1 Å². The molecule has 1 heterocycles. The highest BCUT2D eigenvalue weighted by atomic mass is 32.2. The van der Waals surface area contributed by atoms with Crippen molar-refractivity contribution in [1.29, 1.82) is 0 Å². The molecular weight excluding hydrogens is 302 g/mol. The second-order valence-electron chi connectivity index (χ2n) is 6.01. The fraction of sp³-hybridized carbons (Fsp3) is 0.533. The lowest BCUT2D eigenvalue weighted by atomic mass is 10.1. The van der Waals surface area contributed by atoms with Gasteiger partial charge in [0.15, 0.2) is 0 Å². The summed E-state index contributed by atoms with van der Waals surface area (Å²) < 4.78 is 26.0. The third kappa shape index (κ3) is 2.64. The van der Waals surface area contributed by atoms with E-state index in [1.807, 2.05) is 0 Å². The minimum absolute atomic E-state index is 0.00154. The fourth-order valence-corrected chi connectivity index (χ4v) is 4.13. The maximum absolute atomic E-state index is 12.6. The van der Waals surface area contributed by atoms with Crippen LogP contribution in [0.4, 0.5) is 5.69 Å². The van der Waals surface area contributed by atoms with E-state index >= 15 is 0 Å². The minimum atomic E-state index is -3.45. The Morgan fingerprint density at radius 3 is 2.77 bits per heavy atom. The van der Waals surface area contributed by atoms with Gasteiger partial charge in [-0.2, -0.15) is 0 Å². The number of anilines is 1. The Balaban J connectivity index is 1.85. The van der Waals surface area contributed by atoms with Crippen molar-refractivity contribution >= 4 is 21.6 Å². The van der Waals surface area contributed by atoms with Gasteiger partial charge in [-0.05, 0) is 56.5 Å². The Hall–Kier alpha value is -1.44. The summed E-state index contributed by atoms with van der Waals surface area (Å²) in [5.74, 6) is 0.123. The molecule has 0 spiro atoms. The second-order valence-corrected chi connectivity index (χ2v) is 7.89. The average Bonchev–Trinajstić information content (AvgIpc) is 3.12. The van der Waals surface area contributed by atoms with Gasteiger partial charge in [0.25, 0.3) is 0 Å². The van der Waals surface area contributed by atoms with Crippen LogP contribution in [0.25, 0.3) is 0 Å². The molecule has 1 amide bonds. The monoisotopic (exact) mass is 323 g/mol. The van der Waals surface area contributed by atoms with E-state index in [2.05, 4.69) is 4.72 Å². The summed E-state index contributed by atoms with van der Waals surface area (Å²) in [5.41, 5.74) is 7.64. The molecule has 2 unspecified atom stereocenters. The molecule has 0 bridgehead atoms. The second kappa shape index (κ2) is 5.64. The first-order valence-electron chi connectivity index (χ1n) is 7.56. The third-order valence-corrected chi connectivity index (χ3v) is 6.03. The number of fused-ring (bicyclic) bond motifs is 1. The average molecular weight is 323 g/mol. The maximum atomic E-state index is 12.6. The molecule has 0 saturated heterocycles. The van der Waals surface area contributed by atoms with Crippen LogP contribution >= 0.6 is 0 Å². The highest BCUT2D eigenvalue weighted by molar-refractivity contribution is 7.89. The van der Waals surface area contributed by atoms with Crippen LogP contribution in [0.5, 0.6) is 0 Å². The molecule has 3 N–H and O–H groups in total. The van der Waals surface area contributed by atoms with E-state index in [9.17, 15) is 13.2 Å². The molecule has 7 heteroatoms. The van der Waals surface area contributed by atoms with Crippen LogP contribution in [0.15, 0.2) is 23.1 Å². The number of nitrogens with zero attached hydrogens (tertiary/aromatic N) is 1. The fourth-order valence-electron chi connectivity index (χ4n) is 3.35. The molecule has 2 aliphatic rings. The van der Waals surface area contributed by atoms with Gasteiger partial charge < -0.3 is 10.6 Å². The van der Waals surface area contributed by atoms with E-state index in [0.29, 0.717) is 13.0 Å². The number of nitrogens with one attached hydrogen (secondary N) is 1. The van der Waals surface area contributed by atoms with Crippen LogP contribution in [0, 0.1) is 5.92 Å². The molecule has 0 radical (unpaired) electrons. The Morgan fingerprint density at radius 1 is 1.36 bits per heavy atom. The zero-order valence-electron chi connectivity index (χ0n) is 12.6. The van der Waals surface area contributed by atoms with Gasteiger partial charge in [-0.25, -0.2) is 13.1 Å². The van der Waals surface area contributed by atoms with E-state index in [0.717, 1.165) is 30.5 Å². The Kier molecular flexibility index (Phi) is 3.96. The van der Waals surface area contributed by atoms with Crippen LogP contribution in [0.1, 0.15) is 24.8 Å². The van der Waals surface area contributed by atoms with Gasteiger partial charge in [-0.3, -0.25) is 4.79 Å². The predicted octanol–water partition coefficient (Wildman–Crippen LogP) is 0.611. The molecule has 1 aromatic rings. The number of nitrogens with two attached hydrogens (primary N) is 1. The highest BCUT2D eigenvalue weighted by Gasteiger charge is 2.34. The van der Waals surface area contributed by atoms with Gasteiger partial charge in [-0.15, -0.1) is 0 Å². The summed E-state index contributed by atoms with van der Waals surface area (Å²) in [5, 5.41) is 0. The molecular formula is C15H21N3O3S. The molecule has 3 rings (SSSR count). The molecule has 6 nitrogen and oxygen atoms in total. The van der Waals surface area contributed by atoms with E-state index in [1.165, 1.54) is 7.05 Å². The van der Waals surface area contributed by atoms with Crippen LogP contribution in [-0.4, -0.2) is 34.0 Å². The summed E-state index contributed by atoms with van der Waals surface area (Å²) in [6.07, 6.45) is 3.18. The van der Waals surface area contributed by atoms with Crippen molar-refractivity contribution in [2.24, 2.45) is 11.7 Å². The van der Waals surface area contributed by atoms with Gasteiger partial charge in [0.05, 0.1) is 4.90 Å². The molecule has 1 aromatic carbocycles. The zero-order valence-corrected chi connectivity index (χ0v) is 13.4. The van der Waals surface area contributed by atoms with E-state index in [4.69, 9.17) is 5.73 Å². The number of amides is 1. The van der Waals surface area contributed by atoms with Crippen LogP contribution in [0.2, 0.25) is 0 Å². The first-order valence-corrected chi connectivity index (χ1v) is 9.04. The summed E-state index contributed by atoms with van der Waals surface area (Å²) in [7, 11) is -2.06. The standard InChI is InChI=1S/C15H21N3O3S/c1-17-22(20,21)13-4-5-14-10(9-13)6-7-18(14)15(19)11-2-3-12(16)8-11/h4-5,9,11-12,17H,2-3,6-8,16H2,1H3. The first-order chi connectivity index (χ1) is 10.4. The number of hydrogen-bond acceptors (Lipinski definition) is 4. The molecule has 0 aromatic heterocycles. The SMILES string of the molecule is CNS(=O)(=O)c1ccc2c(c1)CCN2C(=O)C1CCC(N)C1. The van der Waals surface area contributed by atoms with Gasteiger partial charge in [0.2, 0.25) is 15.9 Å². The van der Waals surface area contributed by atoms with Crippen molar-refractivity contribution in [1.82, 2.24) is 4.72 Å². The van der Waals surface area contributed by atoms with Crippen molar-refractivity contribution in [3.05, 3.63) is 23.8 Å². The number of hydrogen-bond donors (Lipinski definition) is 2. The van der Waals surface area contributed by atoms with Crippen molar-refractivity contribution in [2.75, 3.05) is 18.5 Å². The number of benzene rings is 1. The topological polar surface area (TPSA) is 92.5 Å². The van der Waals surface area contributed by atoms with Crippen molar-refractivity contribution in [3.63, 3.8) is 0 Å². The smallest absolute Gasteiger partial charge is 0.240 e. The maximum Gasteiger partial charge on any atom is 0.240 e. The normalized spacial score (nSPS) is 24.5. The number of carbonyl (C=O) groups excluding carboxylic acids is 1. The van der Waals surface area contributed by atoms with Gasteiger partial charge >= 0.3 is 0 Å². The van der Waals surface area contributed by atoms with Gasteiger partial charge in [-0.1, -0.05) is 0 Å². The number of carbonyl (C=O) groups is 1. The lowest BCUT2D eigenvalue weighted by Gasteiger charge is -2.21. The van der Waals surface area contributed by atoms with Crippen molar-refractivity contribution < 1.29 is 13.2 Å². The summed E-state index contributed by atoms with van der Waals surface area (Å²) in [6.45, 7) is 0.614. The van der Waals surface area contributed by atoms with Crippen molar-refractivity contribution in [2.45, 2.75) is 36.6 Å². The highest BCUT2D eigenvalue weighted by Crippen LogP contribution is 2.34. The lowest BCUT2D eigenvalue weighted by Crippen LogP contribution is -2.34. The van der Waals surface area contributed by atoms with E-state index < -0.39 is 10.0 Å². The van der Waals surface area contributed by atoms with Crippen LogP contribution in [-0.2, 0) is 21.2 Å². The molecule has 1 aliphatic heterocycles. The van der Waals surface area contributed by atoms with Crippen molar-refractivity contribution in [3.8, 4) is 0 Å². The number of sulfonamides is 1. The Labute approximate surface area is 130 Å². The molecule has 120 valence electrons. The third-order valence-electron chi connectivity index (χ3n) is 4.61. The molecule has 22 heavy (non-hydrogen) atoms. The minimum Gasteiger partial charge on any atom is -0.328 e. The molecule has 2 atom stereocenters. The zero-order chi connectivity index (χ0) is 15.9. The summed E-state index contributed by atoms with van der Waals surface area (Å²) in [6, 6.07) is 5.07. The molecule has 1 saturated carbocycles. The first kappa shape index (κ1) is 15.5. The molecule has 1 aliphatic carbocycles. The number of rotatable bonds is 3. The predicted molar refractivity (Wildman–Crippen MR) is 84.1 cm³/mol. The van der Waals surface area contributed by atoms with Gasteiger partial charge in [0, 0.05) is 24.2 Å². The quantitative estimate of drug-likeness (QED) is 0.852.